The quantitative estimate of drug-likeness (QED) is 0.849. The molecule has 0 aliphatic carbocycles. The normalized spacial score (nSPS) is 19.8. The average molecular weight is 352 g/mol. The van der Waals surface area contributed by atoms with Gasteiger partial charge in [0.1, 0.15) is 5.75 Å². The van der Waals surface area contributed by atoms with E-state index in [1.54, 1.807) is 0 Å². The summed E-state index contributed by atoms with van der Waals surface area (Å²) in [5.74, 6) is 1.32. The molecule has 3 rings (SSSR count). The van der Waals surface area contributed by atoms with Gasteiger partial charge in [-0.3, -0.25) is 4.79 Å². The molecule has 1 aliphatic rings. The van der Waals surface area contributed by atoms with Gasteiger partial charge in [-0.2, -0.15) is 0 Å². The van der Waals surface area contributed by atoms with Crippen LogP contribution in [0.4, 0.5) is 5.69 Å². The number of hydrogen-bond donors (Lipinski definition) is 2. The molecule has 1 fully saturated rings. The van der Waals surface area contributed by atoms with Crippen LogP contribution in [0.2, 0.25) is 0 Å². The van der Waals surface area contributed by atoms with Gasteiger partial charge in [0.05, 0.1) is 12.6 Å². The number of rotatable bonds is 5. The second-order valence-electron chi connectivity index (χ2n) is 6.99. The van der Waals surface area contributed by atoms with Gasteiger partial charge < -0.3 is 15.4 Å². The average Bonchev–Trinajstić information content (AvgIpc) is 2.66. The molecule has 2 atom stereocenters. The zero-order valence-electron chi connectivity index (χ0n) is 15.8. The Balaban J connectivity index is 1.70. The molecule has 4 heteroatoms. The van der Waals surface area contributed by atoms with E-state index in [0.717, 1.165) is 42.0 Å². The van der Waals surface area contributed by atoms with Crippen LogP contribution in [-0.2, 0) is 4.79 Å². The predicted octanol–water partition coefficient (Wildman–Crippen LogP) is 4.18. The minimum Gasteiger partial charge on any atom is -0.494 e. The number of carbonyl (C=O) groups is 1. The van der Waals surface area contributed by atoms with Crippen molar-refractivity contribution < 1.29 is 9.53 Å². The Bertz CT molecular complexity index is 735. The standard InChI is InChI=1S/C22H28N2O2/c1-4-26-19-12-15(2)21(16(3)13-19)24-22(25)20-14-18(10-11-23-20)17-8-6-5-7-9-17/h5-9,12-13,18,20,23H,4,10-11,14H2,1-3H3,(H,24,25). The van der Waals surface area contributed by atoms with Crippen LogP contribution < -0.4 is 15.4 Å². The number of amides is 1. The van der Waals surface area contributed by atoms with Gasteiger partial charge >= 0.3 is 0 Å². The number of hydrogen-bond acceptors (Lipinski definition) is 3. The second kappa shape index (κ2) is 8.37. The first-order valence-electron chi connectivity index (χ1n) is 9.41. The molecule has 0 radical (unpaired) electrons. The molecule has 0 saturated carbocycles. The van der Waals surface area contributed by atoms with Crippen molar-refractivity contribution in [3.05, 3.63) is 59.2 Å². The van der Waals surface area contributed by atoms with E-state index in [0.29, 0.717) is 12.5 Å². The van der Waals surface area contributed by atoms with E-state index in [1.165, 1.54) is 5.56 Å². The molecule has 1 amide bonds. The lowest BCUT2D eigenvalue weighted by Crippen LogP contribution is -2.45. The van der Waals surface area contributed by atoms with Crippen molar-refractivity contribution in [2.75, 3.05) is 18.5 Å². The Morgan fingerprint density at radius 2 is 1.88 bits per heavy atom. The Hall–Kier alpha value is -2.33. The third-order valence-corrected chi connectivity index (χ3v) is 5.06. The molecule has 1 saturated heterocycles. The molecule has 2 aromatic carbocycles. The van der Waals surface area contributed by atoms with Crippen LogP contribution in [0.5, 0.6) is 5.75 Å². The van der Waals surface area contributed by atoms with Gasteiger partial charge in [0.2, 0.25) is 5.91 Å². The molecular formula is C22H28N2O2. The fraction of sp³-hybridized carbons (Fsp3) is 0.409. The zero-order valence-corrected chi connectivity index (χ0v) is 15.8. The highest BCUT2D eigenvalue weighted by Crippen LogP contribution is 2.30. The fourth-order valence-electron chi connectivity index (χ4n) is 3.73. The number of aryl methyl sites for hydroxylation is 2. The largest absolute Gasteiger partial charge is 0.494 e. The number of nitrogens with one attached hydrogen (secondary N) is 2. The molecule has 2 unspecified atom stereocenters. The SMILES string of the molecule is CCOc1cc(C)c(NC(=O)C2CC(c3ccccc3)CCN2)c(C)c1. The lowest BCUT2D eigenvalue weighted by atomic mass is 9.86. The molecule has 1 aliphatic heterocycles. The smallest absolute Gasteiger partial charge is 0.241 e. The van der Waals surface area contributed by atoms with E-state index in [-0.39, 0.29) is 11.9 Å². The summed E-state index contributed by atoms with van der Waals surface area (Å²) in [4.78, 5) is 12.9. The molecule has 2 aromatic rings. The third kappa shape index (κ3) is 4.25. The van der Waals surface area contributed by atoms with Crippen molar-refractivity contribution in [2.24, 2.45) is 0 Å². The summed E-state index contributed by atoms with van der Waals surface area (Å²) in [7, 11) is 0. The van der Waals surface area contributed by atoms with Crippen LogP contribution in [0.1, 0.15) is 42.4 Å². The summed E-state index contributed by atoms with van der Waals surface area (Å²) in [6.45, 7) is 7.48. The maximum atomic E-state index is 12.9. The highest BCUT2D eigenvalue weighted by molar-refractivity contribution is 5.96. The maximum Gasteiger partial charge on any atom is 0.241 e. The first-order chi connectivity index (χ1) is 12.6. The second-order valence-corrected chi connectivity index (χ2v) is 6.99. The van der Waals surface area contributed by atoms with Crippen molar-refractivity contribution in [3.63, 3.8) is 0 Å². The lowest BCUT2D eigenvalue weighted by Gasteiger charge is -2.30. The summed E-state index contributed by atoms with van der Waals surface area (Å²) in [5.41, 5.74) is 4.26. The van der Waals surface area contributed by atoms with Gasteiger partial charge in [-0.25, -0.2) is 0 Å². The Morgan fingerprint density at radius 3 is 2.54 bits per heavy atom. The molecule has 26 heavy (non-hydrogen) atoms. The van der Waals surface area contributed by atoms with Crippen LogP contribution in [0.3, 0.4) is 0 Å². The van der Waals surface area contributed by atoms with E-state index in [1.807, 2.05) is 39.0 Å². The van der Waals surface area contributed by atoms with Crippen molar-refractivity contribution in [1.82, 2.24) is 5.32 Å². The first kappa shape index (κ1) is 18.5. The van der Waals surface area contributed by atoms with Crippen LogP contribution in [0.25, 0.3) is 0 Å². The van der Waals surface area contributed by atoms with Crippen molar-refractivity contribution in [3.8, 4) is 5.75 Å². The minimum absolute atomic E-state index is 0.0426. The summed E-state index contributed by atoms with van der Waals surface area (Å²) >= 11 is 0. The molecule has 4 nitrogen and oxygen atoms in total. The third-order valence-electron chi connectivity index (χ3n) is 5.06. The van der Waals surface area contributed by atoms with Crippen LogP contribution in [0.15, 0.2) is 42.5 Å². The highest BCUT2D eigenvalue weighted by Gasteiger charge is 2.28. The van der Waals surface area contributed by atoms with Gasteiger partial charge in [0.15, 0.2) is 0 Å². The van der Waals surface area contributed by atoms with Crippen molar-refractivity contribution >= 4 is 11.6 Å². The van der Waals surface area contributed by atoms with E-state index in [2.05, 4.69) is 34.9 Å². The number of ether oxygens (including phenoxy) is 1. The predicted molar refractivity (Wildman–Crippen MR) is 106 cm³/mol. The van der Waals surface area contributed by atoms with Gasteiger partial charge in [-0.15, -0.1) is 0 Å². The summed E-state index contributed by atoms with van der Waals surface area (Å²) < 4.78 is 5.58. The Morgan fingerprint density at radius 1 is 1.19 bits per heavy atom. The summed E-state index contributed by atoms with van der Waals surface area (Å²) in [5, 5.41) is 6.51. The molecule has 138 valence electrons. The highest BCUT2D eigenvalue weighted by atomic mass is 16.5. The molecule has 1 heterocycles. The van der Waals surface area contributed by atoms with E-state index >= 15 is 0 Å². The van der Waals surface area contributed by atoms with Crippen LogP contribution >= 0.6 is 0 Å². The Labute approximate surface area is 156 Å². The van der Waals surface area contributed by atoms with Gasteiger partial charge in [-0.05, 0) is 74.9 Å². The first-order valence-corrected chi connectivity index (χ1v) is 9.41. The molecule has 0 spiro atoms. The van der Waals surface area contributed by atoms with Crippen LogP contribution in [-0.4, -0.2) is 25.1 Å². The van der Waals surface area contributed by atoms with Crippen molar-refractivity contribution in [1.29, 1.82) is 0 Å². The van der Waals surface area contributed by atoms with Gasteiger partial charge in [0, 0.05) is 5.69 Å². The fourth-order valence-corrected chi connectivity index (χ4v) is 3.73. The van der Waals surface area contributed by atoms with E-state index in [4.69, 9.17) is 4.74 Å². The van der Waals surface area contributed by atoms with Crippen LogP contribution in [0, 0.1) is 13.8 Å². The number of anilines is 1. The van der Waals surface area contributed by atoms with E-state index in [9.17, 15) is 4.79 Å². The van der Waals surface area contributed by atoms with Gasteiger partial charge in [0.25, 0.3) is 0 Å². The number of benzene rings is 2. The molecule has 0 bridgehead atoms. The van der Waals surface area contributed by atoms with Gasteiger partial charge in [-0.1, -0.05) is 30.3 Å². The van der Waals surface area contributed by atoms with E-state index < -0.39 is 0 Å². The molecule has 0 aromatic heterocycles. The zero-order chi connectivity index (χ0) is 18.5. The summed E-state index contributed by atoms with van der Waals surface area (Å²) in [6, 6.07) is 14.3. The Kier molecular flexibility index (Phi) is 5.94. The molecular weight excluding hydrogens is 324 g/mol. The maximum absolute atomic E-state index is 12.9. The summed E-state index contributed by atoms with van der Waals surface area (Å²) in [6.07, 6.45) is 1.89. The molecule has 2 N–H and O–H groups in total. The minimum atomic E-state index is -0.167. The number of carbonyl (C=O) groups excluding carboxylic acids is 1. The lowest BCUT2D eigenvalue weighted by molar-refractivity contribution is -0.118. The topological polar surface area (TPSA) is 50.4 Å². The van der Waals surface area contributed by atoms with Crippen molar-refractivity contribution in [2.45, 2.75) is 45.6 Å². The monoisotopic (exact) mass is 352 g/mol. The number of piperidine rings is 1.